The fourth-order valence-electron chi connectivity index (χ4n) is 3.37. The van der Waals surface area contributed by atoms with Crippen LogP contribution in [-0.2, 0) is 18.4 Å². The van der Waals surface area contributed by atoms with E-state index < -0.39 is 17.6 Å². The van der Waals surface area contributed by atoms with Gasteiger partial charge in [-0.15, -0.1) is 0 Å². The number of para-hydroxylation sites is 1. The molecule has 0 bridgehead atoms. The number of carbonyl (C=O) groups is 2. The Kier molecular flexibility index (Phi) is 4.60. The van der Waals surface area contributed by atoms with E-state index in [2.05, 4.69) is 15.4 Å². The Hall–Kier alpha value is -3.55. The number of amides is 2. The number of nitrogens with zero attached hydrogens (tertiary/aromatic N) is 4. The smallest absolute Gasteiger partial charge is 0.254 e. The number of carbonyl (C=O) groups excluding carboxylic acids is 2. The van der Waals surface area contributed by atoms with Crippen molar-refractivity contribution in [3.63, 3.8) is 0 Å². The van der Waals surface area contributed by atoms with Crippen LogP contribution in [0.2, 0.25) is 0 Å². The maximum atomic E-state index is 13.9. The molecule has 0 saturated heterocycles. The molecule has 8 heteroatoms. The summed E-state index contributed by atoms with van der Waals surface area (Å²) in [7, 11) is 1.76. The summed E-state index contributed by atoms with van der Waals surface area (Å²) in [6.07, 6.45) is 4.90. The molecule has 1 aliphatic rings. The summed E-state index contributed by atoms with van der Waals surface area (Å²) in [6, 6.07) is 9.24. The van der Waals surface area contributed by atoms with Gasteiger partial charge < -0.3 is 10.2 Å². The lowest BCUT2D eigenvalue weighted by atomic mass is 9.95. The molecule has 2 aromatic heterocycles. The van der Waals surface area contributed by atoms with Gasteiger partial charge in [0.05, 0.1) is 11.4 Å². The average Bonchev–Trinajstić information content (AvgIpc) is 3.09. The highest BCUT2D eigenvalue weighted by Crippen LogP contribution is 2.29. The summed E-state index contributed by atoms with van der Waals surface area (Å²) in [5.74, 6) is -1.81. The average molecular weight is 379 g/mol. The summed E-state index contributed by atoms with van der Waals surface area (Å²) < 4.78 is 15.6. The molecule has 0 saturated carbocycles. The molecule has 142 valence electrons. The fourth-order valence-corrected chi connectivity index (χ4v) is 3.37. The second-order valence-corrected chi connectivity index (χ2v) is 6.66. The molecule has 7 nitrogen and oxygen atoms in total. The highest BCUT2D eigenvalue weighted by Gasteiger charge is 2.35. The Balaban J connectivity index is 1.63. The third kappa shape index (κ3) is 3.36. The number of hydrogen-bond acceptors (Lipinski definition) is 4. The predicted molar refractivity (Wildman–Crippen MR) is 100.0 cm³/mol. The van der Waals surface area contributed by atoms with Crippen LogP contribution in [0.25, 0.3) is 0 Å². The number of benzene rings is 1. The Morgan fingerprint density at radius 1 is 1.18 bits per heavy atom. The molecule has 0 aliphatic carbocycles. The monoisotopic (exact) mass is 379 g/mol. The number of anilines is 1. The number of nitrogens with one attached hydrogen (secondary N) is 1. The number of aromatic nitrogens is 3. The van der Waals surface area contributed by atoms with Gasteiger partial charge in [0.2, 0.25) is 5.91 Å². The number of aryl methyl sites for hydroxylation is 1. The van der Waals surface area contributed by atoms with Gasteiger partial charge in [0, 0.05) is 49.9 Å². The molecule has 3 aromatic rings. The molecule has 1 aliphatic heterocycles. The number of pyridine rings is 1. The number of fused-ring (bicyclic) bond motifs is 1. The summed E-state index contributed by atoms with van der Waals surface area (Å²) >= 11 is 0. The Bertz CT molecular complexity index is 1030. The van der Waals surface area contributed by atoms with E-state index in [0.717, 1.165) is 5.56 Å². The first-order valence-electron chi connectivity index (χ1n) is 8.80. The molecule has 0 unspecified atom stereocenters. The molecule has 1 atom stereocenters. The molecule has 1 aromatic carbocycles. The number of rotatable bonds is 3. The Morgan fingerprint density at radius 2 is 1.93 bits per heavy atom. The molecule has 3 heterocycles. The molecule has 1 N–H and O–H groups in total. The van der Waals surface area contributed by atoms with Crippen LogP contribution >= 0.6 is 0 Å². The molecule has 2 amide bonds. The SMILES string of the molecule is Cn1cc2c(n1)[C@@H](C(=O)Nc1ccccc1F)CN(C(=O)c1ccncc1)C2. The zero-order valence-electron chi connectivity index (χ0n) is 15.2. The Labute approximate surface area is 160 Å². The lowest BCUT2D eigenvalue weighted by molar-refractivity contribution is -0.118. The van der Waals surface area contributed by atoms with Crippen molar-refractivity contribution in [3.8, 4) is 0 Å². The van der Waals surface area contributed by atoms with Crippen molar-refractivity contribution in [2.24, 2.45) is 7.05 Å². The van der Waals surface area contributed by atoms with Crippen LogP contribution in [0, 0.1) is 5.82 Å². The minimum Gasteiger partial charge on any atom is -0.333 e. The minimum absolute atomic E-state index is 0.0996. The molecule has 0 fully saturated rings. The second kappa shape index (κ2) is 7.22. The van der Waals surface area contributed by atoms with E-state index in [9.17, 15) is 14.0 Å². The maximum absolute atomic E-state index is 13.9. The quantitative estimate of drug-likeness (QED) is 0.758. The third-order valence-electron chi connectivity index (χ3n) is 4.69. The van der Waals surface area contributed by atoms with Crippen LogP contribution < -0.4 is 5.32 Å². The van der Waals surface area contributed by atoms with Crippen molar-refractivity contribution in [1.82, 2.24) is 19.7 Å². The molecule has 0 radical (unpaired) electrons. The largest absolute Gasteiger partial charge is 0.333 e. The second-order valence-electron chi connectivity index (χ2n) is 6.66. The van der Waals surface area contributed by atoms with E-state index >= 15 is 0 Å². The first-order valence-corrected chi connectivity index (χ1v) is 8.80. The van der Waals surface area contributed by atoms with Crippen LogP contribution in [0.5, 0.6) is 0 Å². The first-order chi connectivity index (χ1) is 13.5. The third-order valence-corrected chi connectivity index (χ3v) is 4.69. The van der Waals surface area contributed by atoms with Crippen LogP contribution in [0.3, 0.4) is 0 Å². The number of halogens is 1. The van der Waals surface area contributed by atoms with E-state index in [-0.39, 0.29) is 18.1 Å². The summed E-state index contributed by atoms with van der Waals surface area (Å²) in [6.45, 7) is 0.513. The van der Waals surface area contributed by atoms with Crippen LogP contribution in [-0.4, -0.2) is 38.0 Å². The van der Waals surface area contributed by atoms with Gasteiger partial charge >= 0.3 is 0 Å². The van der Waals surface area contributed by atoms with Crippen molar-refractivity contribution in [2.45, 2.75) is 12.5 Å². The zero-order chi connectivity index (χ0) is 19.7. The van der Waals surface area contributed by atoms with Gasteiger partial charge in [-0.05, 0) is 24.3 Å². The van der Waals surface area contributed by atoms with Crippen LogP contribution in [0.15, 0.2) is 55.0 Å². The molecule has 28 heavy (non-hydrogen) atoms. The maximum Gasteiger partial charge on any atom is 0.254 e. The first kappa shape index (κ1) is 17.8. The van der Waals surface area contributed by atoms with E-state index in [0.29, 0.717) is 17.8 Å². The van der Waals surface area contributed by atoms with E-state index in [1.165, 1.54) is 12.1 Å². The molecular weight excluding hydrogens is 361 g/mol. The standard InChI is InChI=1S/C20H18FN5O2/c1-25-10-14-11-26(20(28)13-6-8-22-9-7-13)12-15(18(14)24-25)19(27)23-17-5-3-2-4-16(17)21/h2-10,15H,11-12H2,1H3,(H,23,27)/t15-/m0/s1. The number of hydrogen-bond donors (Lipinski definition) is 1. The van der Waals surface area contributed by atoms with Crippen molar-refractivity contribution in [3.05, 3.63) is 77.6 Å². The van der Waals surface area contributed by atoms with Crippen LogP contribution in [0.4, 0.5) is 10.1 Å². The fraction of sp³-hybridized carbons (Fsp3) is 0.200. The lowest BCUT2D eigenvalue weighted by Crippen LogP contribution is -2.42. The van der Waals surface area contributed by atoms with Gasteiger partial charge in [-0.3, -0.25) is 19.3 Å². The highest BCUT2D eigenvalue weighted by atomic mass is 19.1. The van der Waals surface area contributed by atoms with Crippen molar-refractivity contribution in [1.29, 1.82) is 0 Å². The van der Waals surface area contributed by atoms with Gasteiger partial charge in [0.25, 0.3) is 5.91 Å². The normalized spacial score (nSPS) is 15.8. The summed E-state index contributed by atoms with van der Waals surface area (Å²) in [5, 5.41) is 7.02. The van der Waals surface area contributed by atoms with E-state index in [1.807, 2.05) is 0 Å². The minimum atomic E-state index is -0.699. The highest BCUT2D eigenvalue weighted by molar-refractivity contribution is 5.98. The summed E-state index contributed by atoms with van der Waals surface area (Å²) in [5.41, 5.74) is 2.00. The van der Waals surface area contributed by atoms with Gasteiger partial charge in [-0.1, -0.05) is 12.1 Å². The van der Waals surface area contributed by atoms with Crippen LogP contribution in [0.1, 0.15) is 27.5 Å². The molecule has 4 rings (SSSR count). The van der Waals surface area contributed by atoms with E-state index in [4.69, 9.17) is 0 Å². The van der Waals surface area contributed by atoms with E-state index in [1.54, 1.807) is 59.5 Å². The summed E-state index contributed by atoms with van der Waals surface area (Å²) in [4.78, 5) is 31.3. The topological polar surface area (TPSA) is 80.1 Å². The van der Waals surface area contributed by atoms with Crippen molar-refractivity contribution >= 4 is 17.5 Å². The lowest BCUT2D eigenvalue weighted by Gasteiger charge is -2.31. The van der Waals surface area contributed by atoms with Gasteiger partial charge in [0.15, 0.2) is 0 Å². The molecular formula is C20H18FN5O2. The molecule has 0 spiro atoms. The van der Waals surface area contributed by atoms with Gasteiger partial charge in [0.1, 0.15) is 11.7 Å². The van der Waals surface area contributed by atoms with Gasteiger partial charge in [-0.2, -0.15) is 5.10 Å². The predicted octanol–water partition coefficient (Wildman–Crippen LogP) is 2.33. The zero-order valence-corrected chi connectivity index (χ0v) is 15.2. The Morgan fingerprint density at radius 3 is 2.68 bits per heavy atom. The van der Waals surface area contributed by atoms with Crippen molar-refractivity contribution in [2.75, 3.05) is 11.9 Å². The van der Waals surface area contributed by atoms with Crippen molar-refractivity contribution < 1.29 is 14.0 Å². The van der Waals surface area contributed by atoms with Gasteiger partial charge in [-0.25, -0.2) is 4.39 Å².